The van der Waals surface area contributed by atoms with Gasteiger partial charge in [0.05, 0.1) is 16.1 Å². The van der Waals surface area contributed by atoms with Gasteiger partial charge in [-0.3, -0.25) is 9.89 Å². The van der Waals surface area contributed by atoms with Crippen molar-refractivity contribution < 1.29 is 4.79 Å². The maximum Gasteiger partial charge on any atom is 0.169 e. The summed E-state index contributed by atoms with van der Waals surface area (Å²) in [5.74, 6) is 0.0887. The fourth-order valence-electron chi connectivity index (χ4n) is 4.02. The van der Waals surface area contributed by atoms with E-state index in [4.69, 9.17) is 0 Å². The van der Waals surface area contributed by atoms with E-state index >= 15 is 0 Å². The second kappa shape index (κ2) is 7.25. The summed E-state index contributed by atoms with van der Waals surface area (Å²) in [5.41, 5.74) is 6.87. The second-order valence-electron chi connectivity index (χ2n) is 7.63. The van der Waals surface area contributed by atoms with E-state index < -0.39 is 0 Å². The monoisotopic (exact) mass is 435 g/mol. The molecule has 0 spiro atoms. The third-order valence-electron chi connectivity index (χ3n) is 5.59. The van der Waals surface area contributed by atoms with Gasteiger partial charge in [-0.1, -0.05) is 18.2 Å². The van der Waals surface area contributed by atoms with Gasteiger partial charge in [0, 0.05) is 44.7 Å². The third kappa shape index (κ3) is 3.02. The van der Waals surface area contributed by atoms with Crippen LogP contribution in [0.3, 0.4) is 0 Å². The first-order chi connectivity index (χ1) is 15.7. The van der Waals surface area contributed by atoms with Crippen LogP contribution in [-0.2, 0) is 0 Å². The van der Waals surface area contributed by atoms with Crippen LogP contribution >= 0.6 is 11.3 Å². The van der Waals surface area contributed by atoms with E-state index in [2.05, 4.69) is 49.4 Å². The van der Waals surface area contributed by atoms with E-state index in [1.807, 2.05) is 30.3 Å². The number of rotatable bonds is 4. The number of fused-ring (bicyclic) bond motifs is 2. The standard InChI is InChI=1S/C25H17N5OS/c1-14(31)23-7-8-24(32-23)17-3-2-4-20-18(17)10-22(28-20)25-19-9-15(5-6-21(19)29-30-25)16-11-26-13-27-12-16/h2-13,28H,1H3,(H,29,30). The highest BCUT2D eigenvalue weighted by Crippen LogP contribution is 2.37. The summed E-state index contributed by atoms with van der Waals surface area (Å²) in [4.78, 5) is 25.4. The molecule has 0 bridgehead atoms. The van der Waals surface area contributed by atoms with Gasteiger partial charge in [-0.05, 0) is 48.9 Å². The van der Waals surface area contributed by atoms with Gasteiger partial charge in [0.25, 0.3) is 0 Å². The first kappa shape index (κ1) is 18.7. The molecule has 6 rings (SSSR count). The average molecular weight is 436 g/mol. The fourth-order valence-corrected chi connectivity index (χ4v) is 4.96. The van der Waals surface area contributed by atoms with Crippen LogP contribution in [0, 0.1) is 0 Å². The van der Waals surface area contributed by atoms with Crippen molar-refractivity contribution >= 4 is 38.9 Å². The summed E-state index contributed by atoms with van der Waals surface area (Å²) in [7, 11) is 0. The molecule has 0 saturated carbocycles. The lowest BCUT2D eigenvalue weighted by molar-refractivity contribution is 0.102. The highest BCUT2D eigenvalue weighted by Gasteiger charge is 2.15. The molecule has 0 atom stereocenters. The van der Waals surface area contributed by atoms with Crippen LogP contribution in [-0.4, -0.2) is 30.9 Å². The number of Topliss-reactive ketones (excluding diaryl/α,β-unsaturated/α-hetero) is 1. The third-order valence-corrected chi connectivity index (χ3v) is 6.81. The topological polar surface area (TPSA) is 87.3 Å². The SMILES string of the molecule is CC(=O)c1ccc(-c2cccc3[nH]c(-c4n[nH]c5ccc(-c6cncnc6)cc45)cc23)s1. The molecular formula is C25H17N5OS. The van der Waals surface area contributed by atoms with Crippen LogP contribution in [0.15, 0.2) is 73.3 Å². The summed E-state index contributed by atoms with van der Waals surface area (Å²) in [6.07, 6.45) is 5.14. The van der Waals surface area contributed by atoms with Crippen LogP contribution in [0.2, 0.25) is 0 Å². The Balaban J connectivity index is 1.49. The van der Waals surface area contributed by atoms with Crippen molar-refractivity contribution in [1.82, 2.24) is 25.1 Å². The van der Waals surface area contributed by atoms with Gasteiger partial charge >= 0.3 is 0 Å². The Hall–Kier alpha value is -4.10. The van der Waals surface area contributed by atoms with Crippen LogP contribution < -0.4 is 0 Å². The highest BCUT2D eigenvalue weighted by molar-refractivity contribution is 7.17. The molecule has 4 aromatic heterocycles. The Labute approximate surface area is 187 Å². The van der Waals surface area contributed by atoms with E-state index in [1.54, 1.807) is 19.3 Å². The normalized spacial score (nSPS) is 11.4. The minimum Gasteiger partial charge on any atom is -0.353 e. The van der Waals surface area contributed by atoms with Gasteiger partial charge in [-0.2, -0.15) is 5.10 Å². The number of nitrogens with zero attached hydrogens (tertiary/aromatic N) is 3. The zero-order valence-electron chi connectivity index (χ0n) is 17.1. The molecule has 0 unspecified atom stereocenters. The first-order valence-electron chi connectivity index (χ1n) is 10.1. The van der Waals surface area contributed by atoms with Gasteiger partial charge in [0.1, 0.15) is 12.0 Å². The number of carbonyl (C=O) groups excluding carboxylic acids is 1. The van der Waals surface area contributed by atoms with Crippen LogP contribution in [0.5, 0.6) is 0 Å². The minimum atomic E-state index is 0.0887. The van der Waals surface area contributed by atoms with E-state index in [9.17, 15) is 4.79 Å². The number of hydrogen-bond donors (Lipinski definition) is 2. The molecule has 154 valence electrons. The van der Waals surface area contributed by atoms with Crippen molar-refractivity contribution in [3.8, 4) is 33.0 Å². The molecule has 2 aromatic carbocycles. The van der Waals surface area contributed by atoms with E-state index in [0.29, 0.717) is 0 Å². The number of aromatic nitrogens is 5. The molecule has 6 aromatic rings. The van der Waals surface area contributed by atoms with E-state index in [0.717, 1.165) is 59.6 Å². The fraction of sp³-hybridized carbons (Fsp3) is 0.0400. The molecule has 7 heteroatoms. The Bertz CT molecular complexity index is 1610. The Morgan fingerprint density at radius 1 is 0.906 bits per heavy atom. The first-order valence-corrected chi connectivity index (χ1v) is 11.0. The summed E-state index contributed by atoms with van der Waals surface area (Å²) in [5, 5.41) is 9.85. The second-order valence-corrected chi connectivity index (χ2v) is 8.71. The Morgan fingerprint density at radius 2 is 1.78 bits per heavy atom. The van der Waals surface area contributed by atoms with Gasteiger partial charge in [0.15, 0.2) is 5.78 Å². The van der Waals surface area contributed by atoms with Gasteiger partial charge < -0.3 is 4.98 Å². The molecule has 0 fully saturated rings. The van der Waals surface area contributed by atoms with Crippen LogP contribution in [0.4, 0.5) is 0 Å². The molecule has 0 radical (unpaired) electrons. The lowest BCUT2D eigenvalue weighted by atomic mass is 10.0. The number of nitrogens with one attached hydrogen (secondary N) is 2. The number of carbonyl (C=O) groups is 1. The largest absolute Gasteiger partial charge is 0.353 e. The smallest absolute Gasteiger partial charge is 0.169 e. The summed E-state index contributed by atoms with van der Waals surface area (Å²) in [6.45, 7) is 1.60. The van der Waals surface area contributed by atoms with Crippen molar-refractivity contribution in [3.63, 3.8) is 0 Å². The minimum absolute atomic E-state index is 0.0887. The predicted octanol–water partition coefficient (Wildman–Crippen LogP) is 6.10. The lowest BCUT2D eigenvalue weighted by Crippen LogP contribution is -1.83. The van der Waals surface area contributed by atoms with Crippen LogP contribution in [0.1, 0.15) is 16.6 Å². The summed E-state index contributed by atoms with van der Waals surface area (Å²) >= 11 is 1.52. The molecule has 2 N–H and O–H groups in total. The lowest BCUT2D eigenvalue weighted by Gasteiger charge is -2.01. The number of H-pyrrole nitrogens is 2. The number of thiophene rings is 1. The van der Waals surface area contributed by atoms with Crippen molar-refractivity contribution in [3.05, 3.63) is 78.2 Å². The highest BCUT2D eigenvalue weighted by atomic mass is 32.1. The molecule has 0 aliphatic rings. The number of hydrogen-bond acceptors (Lipinski definition) is 5. The average Bonchev–Trinajstić information content (AvgIpc) is 3.56. The van der Waals surface area contributed by atoms with E-state index in [1.165, 1.54) is 17.7 Å². The van der Waals surface area contributed by atoms with Gasteiger partial charge in [0.2, 0.25) is 0 Å². The molecule has 0 amide bonds. The molecule has 0 saturated heterocycles. The van der Waals surface area contributed by atoms with E-state index in [-0.39, 0.29) is 5.78 Å². The molecule has 32 heavy (non-hydrogen) atoms. The van der Waals surface area contributed by atoms with Crippen molar-refractivity contribution in [2.24, 2.45) is 0 Å². The molecule has 6 nitrogen and oxygen atoms in total. The predicted molar refractivity (Wildman–Crippen MR) is 128 cm³/mol. The van der Waals surface area contributed by atoms with Crippen LogP contribution in [0.25, 0.3) is 54.8 Å². The maximum absolute atomic E-state index is 11.8. The number of aromatic amines is 2. The van der Waals surface area contributed by atoms with Crippen molar-refractivity contribution in [2.75, 3.05) is 0 Å². The zero-order chi connectivity index (χ0) is 21.7. The maximum atomic E-state index is 11.8. The molecular weight excluding hydrogens is 418 g/mol. The van der Waals surface area contributed by atoms with Crippen molar-refractivity contribution in [2.45, 2.75) is 6.92 Å². The molecule has 0 aliphatic heterocycles. The van der Waals surface area contributed by atoms with Crippen molar-refractivity contribution in [1.29, 1.82) is 0 Å². The van der Waals surface area contributed by atoms with Gasteiger partial charge in [-0.25, -0.2) is 9.97 Å². The number of benzene rings is 2. The quantitative estimate of drug-likeness (QED) is 0.328. The molecule has 4 heterocycles. The Morgan fingerprint density at radius 3 is 2.59 bits per heavy atom. The summed E-state index contributed by atoms with van der Waals surface area (Å²) in [6, 6.07) is 18.4. The van der Waals surface area contributed by atoms with Gasteiger partial charge in [-0.15, -0.1) is 11.3 Å². The number of ketones is 1. The summed E-state index contributed by atoms with van der Waals surface area (Å²) < 4.78 is 0. The zero-order valence-corrected chi connectivity index (χ0v) is 17.9. The Kier molecular flexibility index (Phi) is 4.22. The molecule has 0 aliphatic carbocycles.